The molecule has 1 fully saturated rings. The SMILES string of the molecule is C[C@@H]1CCCN(C(=O)c2cc(F)c(F)cc2-n2nccn2)[C@@H]1CCc1ccc(Cl)cn1. The largest absolute Gasteiger partial charge is 0.335 e. The number of aryl methyl sites for hydroxylation is 1. The summed E-state index contributed by atoms with van der Waals surface area (Å²) in [5, 5.41) is 8.55. The third kappa shape index (κ3) is 4.58. The minimum absolute atomic E-state index is 0.0406. The molecule has 1 aliphatic rings. The van der Waals surface area contributed by atoms with Crippen LogP contribution in [0.4, 0.5) is 8.78 Å². The second-order valence-electron chi connectivity index (χ2n) is 7.79. The van der Waals surface area contributed by atoms with Gasteiger partial charge in [-0.05, 0) is 49.8 Å². The fraction of sp³-hybridized carbons (Fsp3) is 0.364. The van der Waals surface area contributed by atoms with E-state index in [1.165, 1.54) is 12.4 Å². The lowest BCUT2D eigenvalue weighted by Gasteiger charge is -2.40. The molecule has 6 nitrogen and oxygen atoms in total. The first-order chi connectivity index (χ1) is 14.9. The Bertz CT molecular complexity index is 1060. The van der Waals surface area contributed by atoms with Crippen molar-refractivity contribution in [1.82, 2.24) is 24.9 Å². The molecule has 0 aliphatic carbocycles. The van der Waals surface area contributed by atoms with Crippen LogP contribution in [0.2, 0.25) is 5.02 Å². The van der Waals surface area contributed by atoms with Gasteiger partial charge >= 0.3 is 0 Å². The van der Waals surface area contributed by atoms with E-state index < -0.39 is 11.6 Å². The Hall–Kier alpha value is -2.87. The lowest BCUT2D eigenvalue weighted by molar-refractivity contribution is 0.0498. The van der Waals surface area contributed by atoms with Gasteiger partial charge < -0.3 is 4.90 Å². The van der Waals surface area contributed by atoms with Gasteiger partial charge in [0.05, 0.1) is 23.0 Å². The molecule has 2 aromatic heterocycles. The summed E-state index contributed by atoms with van der Waals surface area (Å²) in [4.78, 5) is 20.8. The summed E-state index contributed by atoms with van der Waals surface area (Å²) in [6, 6.07) is 5.52. The minimum atomic E-state index is -1.08. The second-order valence-corrected chi connectivity index (χ2v) is 8.23. The fourth-order valence-electron chi connectivity index (χ4n) is 4.16. The van der Waals surface area contributed by atoms with Crippen molar-refractivity contribution in [2.24, 2.45) is 5.92 Å². The molecule has 0 spiro atoms. The Labute approximate surface area is 183 Å². The molecular weight excluding hydrogens is 424 g/mol. The molecule has 31 heavy (non-hydrogen) atoms. The summed E-state index contributed by atoms with van der Waals surface area (Å²) < 4.78 is 28.0. The van der Waals surface area contributed by atoms with E-state index in [1.54, 1.807) is 17.2 Å². The third-order valence-corrected chi connectivity index (χ3v) is 5.99. The van der Waals surface area contributed by atoms with Crippen molar-refractivity contribution in [1.29, 1.82) is 0 Å². The summed E-state index contributed by atoms with van der Waals surface area (Å²) in [6.45, 7) is 2.66. The van der Waals surface area contributed by atoms with Crippen LogP contribution in [-0.4, -0.2) is 43.4 Å². The number of hydrogen-bond donors (Lipinski definition) is 0. The molecule has 0 saturated carbocycles. The quantitative estimate of drug-likeness (QED) is 0.581. The molecule has 3 aromatic rings. The number of aromatic nitrogens is 4. The summed E-state index contributed by atoms with van der Waals surface area (Å²) >= 11 is 5.91. The Balaban J connectivity index is 1.62. The maximum Gasteiger partial charge on any atom is 0.256 e. The second kappa shape index (κ2) is 9.09. The minimum Gasteiger partial charge on any atom is -0.335 e. The number of benzene rings is 1. The number of carbonyl (C=O) groups is 1. The highest BCUT2D eigenvalue weighted by atomic mass is 35.5. The predicted octanol–water partition coefficient (Wildman–Crippen LogP) is 4.47. The fourth-order valence-corrected chi connectivity index (χ4v) is 4.27. The predicted molar refractivity (Wildman–Crippen MR) is 112 cm³/mol. The molecule has 1 saturated heterocycles. The number of pyridine rings is 1. The van der Waals surface area contributed by atoms with E-state index in [-0.39, 0.29) is 29.1 Å². The van der Waals surface area contributed by atoms with Crippen LogP contribution in [-0.2, 0) is 6.42 Å². The highest BCUT2D eigenvalue weighted by Gasteiger charge is 2.34. The first-order valence-corrected chi connectivity index (χ1v) is 10.6. The number of carbonyl (C=O) groups excluding carboxylic acids is 1. The van der Waals surface area contributed by atoms with Crippen LogP contribution in [0.5, 0.6) is 0 Å². The normalized spacial score (nSPS) is 18.9. The van der Waals surface area contributed by atoms with Gasteiger partial charge in [-0.15, -0.1) is 0 Å². The highest BCUT2D eigenvalue weighted by molar-refractivity contribution is 6.30. The number of likely N-dealkylation sites (tertiary alicyclic amines) is 1. The van der Waals surface area contributed by atoms with Crippen molar-refractivity contribution in [3.63, 3.8) is 0 Å². The van der Waals surface area contributed by atoms with Crippen molar-refractivity contribution in [2.75, 3.05) is 6.54 Å². The maximum atomic E-state index is 14.1. The van der Waals surface area contributed by atoms with Gasteiger partial charge in [0, 0.05) is 30.5 Å². The molecule has 1 amide bonds. The number of amides is 1. The number of nitrogens with zero attached hydrogens (tertiary/aromatic N) is 5. The molecule has 9 heteroatoms. The van der Waals surface area contributed by atoms with Crippen molar-refractivity contribution in [2.45, 2.75) is 38.6 Å². The molecule has 0 unspecified atom stereocenters. The van der Waals surface area contributed by atoms with Crippen molar-refractivity contribution in [3.8, 4) is 5.69 Å². The summed E-state index contributed by atoms with van der Waals surface area (Å²) in [5.41, 5.74) is 1.05. The third-order valence-electron chi connectivity index (χ3n) is 5.76. The van der Waals surface area contributed by atoms with Crippen LogP contribution in [0.1, 0.15) is 42.2 Å². The Morgan fingerprint density at radius 1 is 1.19 bits per heavy atom. The maximum absolute atomic E-state index is 14.1. The first-order valence-electron chi connectivity index (χ1n) is 10.2. The van der Waals surface area contributed by atoms with Gasteiger partial charge in [-0.1, -0.05) is 18.5 Å². The number of hydrogen-bond acceptors (Lipinski definition) is 4. The van der Waals surface area contributed by atoms with Crippen LogP contribution in [0.15, 0.2) is 42.9 Å². The molecule has 4 rings (SSSR count). The van der Waals surface area contributed by atoms with Crippen molar-refractivity contribution in [3.05, 3.63) is 70.8 Å². The molecular formula is C22H22ClF2N5O. The monoisotopic (exact) mass is 445 g/mol. The molecule has 0 bridgehead atoms. The van der Waals surface area contributed by atoms with Crippen LogP contribution in [0.25, 0.3) is 5.69 Å². The van der Waals surface area contributed by atoms with Crippen molar-refractivity contribution >= 4 is 17.5 Å². The van der Waals surface area contributed by atoms with Gasteiger partial charge in [-0.25, -0.2) is 8.78 Å². The number of piperidine rings is 1. The zero-order chi connectivity index (χ0) is 22.0. The molecule has 2 atom stereocenters. The van der Waals surface area contributed by atoms with E-state index in [1.807, 2.05) is 6.07 Å². The molecule has 162 valence electrons. The van der Waals surface area contributed by atoms with E-state index in [0.29, 0.717) is 24.4 Å². The standard InChI is InChI=1S/C22H22ClF2N5O/c1-14-3-2-10-29(20(14)7-6-16-5-4-15(23)13-26-16)22(31)17-11-18(24)19(25)12-21(17)30-27-8-9-28-30/h4-5,8-9,11-14,20H,2-3,6-7,10H2,1H3/t14-,20-/m1/s1. The van der Waals surface area contributed by atoms with Gasteiger partial charge in [0.15, 0.2) is 11.6 Å². The lowest BCUT2D eigenvalue weighted by Crippen LogP contribution is -2.48. The molecule has 3 heterocycles. The number of halogens is 3. The van der Waals surface area contributed by atoms with E-state index in [2.05, 4.69) is 22.1 Å². The molecule has 1 aromatic carbocycles. The Morgan fingerprint density at radius 3 is 2.65 bits per heavy atom. The molecule has 1 aliphatic heterocycles. The Kier molecular flexibility index (Phi) is 6.27. The zero-order valence-electron chi connectivity index (χ0n) is 17.0. The van der Waals surface area contributed by atoms with Gasteiger partial charge in [-0.2, -0.15) is 15.0 Å². The smallest absolute Gasteiger partial charge is 0.256 e. The van der Waals surface area contributed by atoms with Gasteiger partial charge in [0.1, 0.15) is 5.69 Å². The topological polar surface area (TPSA) is 63.9 Å². The zero-order valence-corrected chi connectivity index (χ0v) is 17.8. The average Bonchev–Trinajstić information content (AvgIpc) is 3.30. The van der Waals surface area contributed by atoms with E-state index >= 15 is 0 Å². The first kappa shape index (κ1) is 21.4. The van der Waals surface area contributed by atoms with Gasteiger partial charge in [0.25, 0.3) is 5.91 Å². The van der Waals surface area contributed by atoms with Crippen LogP contribution >= 0.6 is 11.6 Å². The van der Waals surface area contributed by atoms with Crippen molar-refractivity contribution < 1.29 is 13.6 Å². The van der Waals surface area contributed by atoms with Crippen LogP contribution in [0.3, 0.4) is 0 Å². The average molecular weight is 446 g/mol. The summed E-state index contributed by atoms with van der Waals surface area (Å²) in [5.74, 6) is -2.22. The summed E-state index contributed by atoms with van der Waals surface area (Å²) in [7, 11) is 0. The highest BCUT2D eigenvalue weighted by Crippen LogP contribution is 2.30. The van der Waals surface area contributed by atoms with Crippen LogP contribution in [0, 0.1) is 17.6 Å². The van der Waals surface area contributed by atoms with Crippen LogP contribution < -0.4 is 0 Å². The van der Waals surface area contributed by atoms with Gasteiger partial charge in [-0.3, -0.25) is 9.78 Å². The van der Waals surface area contributed by atoms with Gasteiger partial charge in [0.2, 0.25) is 0 Å². The Morgan fingerprint density at radius 2 is 1.94 bits per heavy atom. The number of rotatable bonds is 5. The van der Waals surface area contributed by atoms with E-state index in [9.17, 15) is 13.6 Å². The van der Waals surface area contributed by atoms with E-state index in [0.717, 1.165) is 35.5 Å². The van der Waals surface area contributed by atoms with E-state index in [4.69, 9.17) is 11.6 Å². The lowest BCUT2D eigenvalue weighted by atomic mass is 9.87. The molecule has 0 radical (unpaired) electrons. The molecule has 0 N–H and O–H groups in total. The summed E-state index contributed by atoms with van der Waals surface area (Å²) in [6.07, 6.45) is 7.67.